The maximum atomic E-state index is 5.55. The fourth-order valence-electron chi connectivity index (χ4n) is 1.36. The Bertz CT molecular complexity index is 469. The van der Waals surface area contributed by atoms with Crippen molar-refractivity contribution in [1.82, 2.24) is 5.32 Å². The van der Waals surface area contributed by atoms with E-state index in [2.05, 4.69) is 24.1 Å². The molecule has 76 valence electrons. The first kappa shape index (κ1) is 9.82. The molecule has 0 unspecified atom stereocenters. The van der Waals surface area contributed by atoms with E-state index in [1.54, 1.807) is 0 Å². The third kappa shape index (κ3) is 2.39. The summed E-state index contributed by atoms with van der Waals surface area (Å²) in [7, 11) is 0. The molecule has 0 radical (unpaired) electrons. The zero-order valence-electron chi connectivity index (χ0n) is 8.71. The van der Waals surface area contributed by atoms with Crippen LogP contribution in [0.3, 0.4) is 0 Å². The zero-order valence-corrected chi connectivity index (χ0v) is 8.71. The summed E-state index contributed by atoms with van der Waals surface area (Å²) >= 11 is 0. The van der Waals surface area contributed by atoms with Gasteiger partial charge in [-0.25, -0.2) is 0 Å². The molecule has 0 aliphatic carbocycles. The Kier molecular flexibility index (Phi) is 3.06. The van der Waals surface area contributed by atoms with Crippen LogP contribution in [0.15, 0.2) is 34.7 Å². The molecule has 15 heavy (non-hydrogen) atoms. The molecule has 2 aromatic rings. The van der Waals surface area contributed by atoms with Crippen molar-refractivity contribution in [2.45, 2.75) is 6.92 Å². The van der Waals surface area contributed by atoms with Gasteiger partial charge in [0.2, 0.25) is 0 Å². The summed E-state index contributed by atoms with van der Waals surface area (Å²) in [5.41, 5.74) is 0.894. The Morgan fingerprint density at radius 1 is 1.33 bits per heavy atom. The van der Waals surface area contributed by atoms with Gasteiger partial charge in [-0.05, 0) is 18.5 Å². The maximum absolute atomic E-state index is 5.55. The second-order valence-electron chi connectivity index (χ2n) is 3.23. The summed E-state index contributed by atoms with van der Waals surface area (Å²) in [5, 5.41) is 4.24. The number of furan rings is 1. The molecule has 0 amide bonds. The van der Waals surface area contributed by atoms with Crippen LogP contribution in [0.2, 0.25) is 0 Å². The number of nitrogens with one attached hydrogen (secondary N) is 1. The lowest BCUT2D eigenvalue weighted by Gasteiger charge is -1.88. The molecule has 0 atom stereocenters. The molecule has 0 saturated carbocycles. The van der Waals surface area contributed by atoms with Gasteiger partial charge in [-0.15, -0.1) is 0 Å². The topological polar surface area (TPSA) is 25.2 Å². The molecule has 0 fully saturated rings. The first-order valence-corrected chi connectivity index (χ1v) is 5.08. The number of fused-ring (bicyclic) bond motifs is 1. The standard InChI is InChI=1S/C13H13NO/c1-2-14-9-5-7-12-10-11-6-3-4-8-13(11)15-12/h3-4,6,8,10,14H,2,9H2,1H3. The summed E-state index contributed by atoms with van der Waals surface area (Å²) in [6, 6.07) is 9.89. The van der Waals surface area contributed by atoms with Gasteiger partial charge in [0.15, 0.2) is 5.76 Å². The van der Waals surface area contributed by atoms with Crippen molar-refractivity contribution in [2.24, 2.45) is 0 Å². The molecule has 1 N–H and O–H groups in total. The summed E-state index contributed by atoms with van der Waals surface area (Å²) in [6.45, 7) is 3.70. The number of rotatable bonds is 2. The molecular weight excluding hydrogens is 186 g/mol. The van der Waals surface area contributed by atoms with Crippen LogP contribution in [0, 0.1) is 11.8 Å². The van der Waals surface area contributed by atoms with E-state index in [9.17, 15) is 0 Å². The molecule has 0 bridgehead atoms. The Morgan fingerprint density at radius 2 is 2.20 bits per heavy atom. The quantitative estimate of drug-likeness (QED) is 0.593. The van der Waals surface area contributed by atoms with Crippen molar-refractivity contribution in [1.29, 1.82) is 0 Å². The summed E-state index contributed by atoms with van der Waals surface area (Å²) in [5.74, 6) is 6.73. The van der Waals surface area contributed by atoms with Gasteiger partial charge in [-0.3, -0.25) is 0 Å². The Balaban J connectivity index is 2.17. The van der Waals surface area contributed by atoms with Crippen molar-refractivity contribution in [3.05, 3.63) is 36.1 Å². The molecule has 2 nitrogen and oxygen atoms in total. The predicted molar refractivity (Wildman–Crippen MR) is 61.6 cm³/mol. The lowest BCUT2D eigenvalue weighted by Crippen LogP contribution is -2.11. The summed E-state index contributed by atoms with van der Waals surface area (Å²) < 4.78 is 5.55. The minimum absolute atomic E-state index is 0.702. The van der Waals surface area contributed by atoms with Gasteiger partial charge in [0.1, 0.15) is 5.58 Å². The molecule has 0 saturated heterocycles. The average Bonchev–Trinajstić information content (AvgIpc) is 2.67. The molecule has 1 aromatic carbocycles. The molecule has 1 heterocycles. The zero-order chi connectivity index (χ0) is 10.5. The third-order valence-corrected chi connectivity index (χ3v) is 2.10. The van der Waals surface area contributed by atoms with Crippen molar-refractivity contribution >= 4 is 11.0 Å². The van der Waals surface area contributed by atoms with E-state index in [0.29, 0.717) is 6.54 Å². The number of benzene rings is 1. The second-order valence-corrected chi connectivity index (χ2v) is 3.23. The Labute approximate surface area is 89.3 Å². The van der Waals surface area contributed by atoms with Gasteiger partial charge in [0.25, 0.3) is 0 Å². The van der Waals surface area contributed by atoms with E-state index in [0.717, 1.165) is 23.3 Å². The van der Waals surface area contributed by atoms with Crippen LogP contribution in [-0.4, -0.2) is 13.1 Å². The normalized spacial score (nSPS) is 9.93. The number of hydrogen-bond acceptors (Lipinski definition) is 2. The van der Waals surface area contributed by atoms with Crippen LogP contribution in [-0.2, 0) is 0 Å². The largest absolute Gasteiger partial charge is 0.448 e. The average molecular weight is 199 g/mol. The van der Waals surface area contributed by atoms with Crippen LogP contribution in [0.5, 0.6) is 0 Å². The van der Waals surface area contributed by atoms with Crippen LogP contribution in [0.25, 0.3) is 11.0 Å². The summed E-state index contributed by atoms with van der Waals surface area (Å²) in [6.07, 6.45) is 0. The predicted octanol–water partition coefficient (Wildman–Crippen LogP) is 2.39. The summed E-state index contributed by atoms with van der Waals surface area (Å²) in [4.78, 5) is 0. The molecular formula is C13H13NO. The molecule has 2 rings (SSSR count). The molecule has 2 heteroatoms. The van der Waals surface area contributed by atoms with Gasteiger partial charge in [-0.1, -0.05) is 31.0 Å². The highest BCUT2D eigenvalue weighted by Gasteiger charge is 1.98. The monoisotopic (exact) mass is 199 g/mol. The van der Waals surface area contributed by atoms with E-state index in [1.165, 1.54) is 0 Å². The van der Waals surface area contributed by atoms with E-state index in [4.69, 9.17) is 4.42 Å². The highest BCUT2D eigenvalue weighted by Crippen LogP contribution is 2.17. The van der Waals surface area contributed by atoms with Gasteiger partial charge < -0.3 is 9.73 Å². The molecule has 1 aromatic heterocycles. The Morgan fingerprint density at radius 3 is 3.00 bits per heavy atom. The number of para-hydroxylation sites is 1. The van der Waals surface area contributed by atoms with Gasteiger partial charge in [0, 0.05) is 11.5 Å². The lowest BCUT2D eigenvalue weighted by atomic mass is 10.2. The fourth-order valence-corrected chi connectivity index (χ4v) is 1.36. The van der Waals surface area contributed by atoms with E-state index >= 15 is 0 Å². The van der Waals surface area contributed by atoms with Crippen molar-refractivity contribution in [3.8, 4) is 11.8 Å². The minimum Gasteiger partial charge on any atom is -0.448 e. The van der Waals surface area contributed by atoms with Crippen LogP contribution in [0.4, 0.5) is 0 Å². The van der Waals surface area contributed by atoms with E-state index < -0.39 is 0 Å². The molecule has 0 spiro atoms. The van der Waals surface area contributed by atoms with Gasteiger partial charge >= 0.3 is 0 Å². The van der Waals surface area contributed by atoms with E-state index in [1.807, 2.05) is 30.3 Å². The van der Waals surface area contributed by atoms with Crippen molar-refractivity contribution in [3.63, 3.8) is 0 Å². The van der Waals surface area contributed by atoms with Crippen LogP contribution >= 0.6 is 0 Å². The highest BCUT2D eigenvalue weighted by molar-refractivity contribution is 5.78. The van der Waals surface area contributed by atoms with Crippen LogP contribution < -0.4 is 5.32 Å². The minimum atomic E-state index is 0.702. The second kappa shape index (κ2) is 4.68. The van der Waals surface area contributed by atoms with Crippen molar-refractivity contribution in [2.75, 3.05) is 13.1 Å². The first-order valence-electron chi connectivity index (χ1n) is 5.08. The smallest absolute Gasteiger partial charge is 0.178 e. The highest BCUT2D eigenvalue weighted by atomic mass is 16.3. The SMILES string of the molecule is CCNCC#Cc1cc2ccccc2o1. The van der Waals surface area contributed by atoms with Crippen molar-refractivity contribution < 1.29 is 4.42 Å². The Hall–Kier alpha value is -1.72. The first-order chi connectivity index (χ1) is 7.40. The number of hydrogen-bond donors (Lipinski definition) is 1. The van der Waals surface area contributed by atoms with Crippen LogP contribution in [0.1, 0.15) is 12.7 Å². The third-order valence-electron chi connectivity index (χ3n) is 2.10. The molecule has 0 aliphatic rings. The van der Waals surface area contributed by atoms with E-state index in [-0.39, 0.29) is 0 Å². The van der Waals surface area contributed by atoms with Gasteiger partial charge in [-0.2, -0.15) is 0 Å². The molecule has 0 aliphatic heterocycles. The van der Waals surface area contributed by atoms with Gasteiger partial charge in [0.05, 0.1) is 6.54 Å². The fraction of sp³-hybridized carbons (Fsp3) is 0.231. The lowest BCUT2D eigenvalue weighted by molar-refractivity contribution is 0.601. The maximum Gasteiger partial charge on any atom is 0.178 e.